The van der Waals surface area contributed by atoms with Gasteiger partial charge in [-0.2, -0.15) is 0 Å². The third kappa shape index (κ3) is 2.34. The van der Waals surface area contributed by atoms with Crippen LogP contribution in [0.3, 0.4) is 0 Å². The molecule has 0 aliphatic carbocycles. The summed E-state index contributed by atoms with van der Waals surface area (Å²) in [6.07, 6.45) is -0.385. The van der Waals surface area contributed by atoms with E-state index in [0.29, 0.717) is 30.9 Å². The summed E-state index contributed by atoms with van der Waals surface area (Å²) in [6.45, 7) is 0.881. The maximum atomic E-state index is 12.9. The first-order valence-corrected chi connectivity index (χ1v) is 7.56. The molecule has 5 nitrogen and oxygen atoms in total. The minimum atomic E-state index is -0.788. The van der Waals surface area contributed by atoms with Gasteiger partial charge in [0.25, 0.3) is 5.91 Å². The van der Waals surface area contributed by atoms with Crippen LogP contribution in [0, 0.1) is 0 Å². The highest BCUT2D eigenvalue weighted by atomic mass is 16.5. The Morgan fingerprint density at radius 3 is 2.78 bits per heavy atom. The molecule has 2 aromatic carbocycles. The van der Waals surface area contributed by atoms with Crippen molar-refractivity contribution in [3.05, 3.63) is 59.7 Å². The van der Waals surface area contributed by atoms with Gasteiger partial charge in [-0.1, -0.05) is 30.3 Å². The average Bonchev–Trinajstić information content (AvgIpc) is 2.60. The van der Waals surface area contributed by atoms with E-state index in [1.54, 1.807) is 17.0 Å². The fourth-order valence-corrected chi connectivity index (χ4v) is 3.04. The topological polar surface area (TPSA) is 55.8 Å². The van der Waals surface area contributed by atoms with Crippen molar-refractivity contribution in [1.82, 2.24) is 0 Å². The number of hydrogen-bond donors (Lipinski definition) is 0. The lowest BCUT2D eigenvalue weighted by Crippen LogP contribution is -2.47. The van der Waals surface area contributed by atoms with Crippen molar-refractivity contribution in [2.45, 2.75) is 12.5 Å². The molecule has 0 fully saturated rings. The molecule has 0 saturated heterocycles. The Morgan fingerprint density at radius 2 is 1.87 bits per heavy atom. The van der Waals surface area contributed by atoms with Crippen LogP contribution in [0.1, 0.15) is 15.9 Å². The Bertz CT molecular complexity index is 786. The lowest BCUT2D eigenvalue weighted by atomic mass is 9.98. The molecule has 2 aliphatic heterocycles. The molecule has 0 spiro atoms. The van der Waals surface area contributed by atoms with Gasteiger partial charge in [0.1, 0.15) is 12.4 Å². The van der Waals surface area contributed by atoms with Crippen LogP contribution in [-0.4, -0.2) is 31.1 Å². The molecule has 0 N–H and O–H groups in total. The van der Waals surface area contributed by atoms with E-state index < -0.39 is 12.1 Å². The average molecular weight is 309 g/mol. The predicted molar refractivity (Wildman–Crippen MR) is 83.6 cm³/mol. The van der Waals surface area contributed by atoms with E-state index in [1.165, 1.54) is 0 Å². The molecule has 0 aromatic heterocycles. The van der Waals surface area contributed by atoms with Crippen LogP contribution < -0.4 is 9.64 Å². The molecule has 0 unspecified atom stereocenters. The Hall–Kier alpha value is -2.82. The summed E-state index contributed by atoms with van der Waals surface area (Å²) >= 11 is 0. The smallest absolute Gasteiger partial charge is 0.339 e. The normalized spacial score (nSPS) is 19.2. The van der Waals surface area contributed by atoms with Crippen LogP contribution in [0.25, 0.3) is 0 Å². The van der Waals surface area contributed by atoms with E-state index in [9.17, 15) is 9.59 Å². The van der Waals surface area contributed by atoms with Gasteiger partial charge in [0.2, 0.25) is 0 Å². The molecule has 2 heterocycles. The van der Waals surface area contributed by atoms with Crippen molar-refractivity contribution in [1.29, 1.82) is 0 Å². The van der Waals surface area contributed by atoms with Crippen molar-refractivity contribution in [3.63, 3.8) is 0 Å². The van der Waals surface area contributed by atoms with Crippen molar-refractivity contribution >= 4 is 17.6 Å². The second kappa shape index (κ2) is 5.43. The summed E-state index contributed by atoms with van der Waals surface area (Å²) in [4.78, 5) is 26.6. The van der Waals surface area contributed by atoms with E-state index >= 15 is 0 Å². The lowest BCUT2D eigenvalue weighted by Gasteiger charge is -2.33. The van der Waals surface area contributed by atoms with Gasteiger partial charge >= 0.3 is 5.97 Å². The highest BCUT2D eigenvalue weighted by Crippen LogP contribution is 2.32. The number of fused-ring (bicyclic) bond motifs is 2. The van der Waals surface area contributed by atoms with E-state index in [0.717, 1.165) is 11.3 Å². The zero-order chi connectivity index (χ0) is 15.8. The fraction of sp³-hybridized carbons (Fsp3) is 0.222. The molecule has 0 radical (unpaired) electrons. The van der Waals surface area contributed by atoms with Gasteiger partial charge in [-0.3, -0.25) is 4.79 Å². The second-order valence-electron chi connectivity index (χ2n) is 5.56. The van der Waals surface area contributed by atoms with E-state index in [-0.39, 0.29) is 5.91 Å². The van der Waals surface area contributed by atoms with Crippen LogP contribution in [0.15, 0.2) is 48.5 Å². The molecule has 0 bridgehead atoms. The maximum Gasteiger partial charge on any atom is 0.339 e. The number of carbonyl (C=O) groups excluding carboxylic acids is 2. The summed E-state index contributed by atoms with van der Waals surface area (Å²) in [7, 11) is 0. The molecule has 1 amide bonds. The van der Waals surface area contributed by atoms with Gasteiger partial charge in [0.05, 0.1) is 17.8 Å². The van der Waals surface area contributed by atoms with E-state index in [4.69, 9.17) is 9.47 Å². The number of benzene rings is 2. The summed E-state index contributed by atoms with van der Waals surface area (Å²) in [5.74, 6) is 0.0324. The molecular formula is C18H15NO4. The van der Waals surface area contributed by atoms with Gasteiger partial charge in [0, 0.05) is 6.42 Å². The zero-order valence-corrected chi connectivity index (χ0v) is 12.4. The molecule has 23 heavy (non-hydrogen) atoms. The standard InChI is InChI=1S/C18H15NO4/c20-17(19-9-10-22-15-8-4-3-7-14(15)19)16-11-12-5-1-2-6-13(12)18(21)23-16/h1-8,16H,9-11H2/t16-/m1/s1. The monoisotopic (exact) mass is 309 g/mol. The number of carbonyl (C=O) groups is 2. The summed E-state index contributed by atoms with van der Waals surface area (Å²) < 4.78 is 10.9. The second-order valence-corrected chi connectivity index (χ2v) is 5.56. The highest BCUT2D eigenvalue weighted by molar-refractivity contribution is 6.02. The third-order valence-corrected chi connectivity index (χ3v) is 4.16. The van der Waals surface area contributed by atoms with Crippen LogP contribution in [-0.2, 0) is 16.0 Å². The first-order chi connectivity index (χ1) is 11.2. The lowest BCUT2D eigenvalue weighted by molar-refractivity contribution is -0.127. The number of ether oxygens (including phenoxy) is 2. The van der Waals surface area contributed by atoms with Crippen LogP contribution in [0.2, 0.25) is 0 Å². The maximum absolute atomic E-state index is 12.9. The van der Waals surface area contributed by atoms with Crippen molar-refractivity contribution < 1.29 is 19.1 Å². The number of para-hydroxylation sites is 2. The summed E-state index contributed by atoms with van der Waals surface area (Å²) in [6, 6.07) is 14.6. The van der Waals surface area contributed by atoms with Crippen LogP contribution in [0.5, 0.6) is 5.75 Å². The molecule has 5 heteroatoms. The minimum Gasteiger partial charge on any atom is -0.490 e. The SMILES string of the molecule is O=C1O[C@@H](C(=O)N2CCOc3ccccc32)Cc2ccccc21. The number of esters is 1. The molecule has 116 valence electrons. The molecule has 4 rings (SSSR count). The van der Waals surface area contributed by atoms with E-state index in [1.807, 2.05) is 36.4 Å². The van der Waals surface area contributed by atoms with Gasteiger partial charge < -0.3 is 14.4 Å². The molecular weight excluding hydrogens is 294 g/mol. The molecule has 1 atom stereocenters. The predicted octanol–water partition coefficient (Wildman–Crippen LogP) is 2.19. The van der Waals surface area contributed by atoms with Crippen LogP contribution >= 0.6 is 0 Å². The number of anilines is 1. The first-order valence-electron chi connectivity index (χ1n) is 7.56. The number of cyclic esters (lactones) is 1. The molecule has 2 aromatic rings. The van der Waals surface area contributed by atoms with Gasteiger partial charge in [0.15, 0.2) is 6.10 Å². The van der Waals surface area contributed by atoms with Gasteiger partial charge in [-0.25, -0.2) is 4.79 Å². The van der Waals surface area contributed by atoms with Gasteiger partial charge in [-0.05, 0) is 23.8 Å². The number of rotatable bonds is 1. The quantitative estimate of drug-likeness (QED) is 0.758. The Labute approximate surface area is 133 Å². The number of hydrogen-bond acceptors (Lipinski definition) is 4. The third-order valence-electron chi connectivity index (χ3n) is 4.16. The minimum absolute atomic E-state index is 0.205. The van der Waals surface area contributed by atoms with Crippen LogP contribution in [0.4, 0.5) is 5.69 Å². The zero-order valence-electron chi connectivity index (χ0n) is 12.4. The molecule has 0 saturated carbocycles. The van der Waals surface area contributed by atoms with Gasteiger partial charge in [-0.15, -0.1) is 0 Å². The largest absolute Gasteiger partial charge is 0.490 e. The number of amides is 1. The fourth-order valence-electron chi connectivity index (χ4n) is 3.04. The van der Waals surface area contributed by atoms with E-state index in [2.05, 4.69) is 0 Å². The Balaban J connectivity index is 1.63. The Kier molecular flexibility index (Phi) is 3.26. The van der Waals surface area contributed by atoms with Crippen molar-refractivity contribution in [3.8, 4) is 5.75 Å². The highest BCUT2D eigenvalue weighted by Gasteiger charge is 2.36. The van der Waals surface area contributed by atoms with Crippen molar-refractivity contribution in [2.24, 2.45) is 0 Å². The first kappa shape index (κ1) is 13.8. The Morgan fingerprint density at radius 1 is 1.09 bits per heavy atom. The molecule has 2 aliphatic rings. The van der Waals surface area contributed by atoms with Crippen molar-refractivity contribution in [2.75, 3.05) is 18.1 Å². The summed E-state index contributed by atoms with van der Waals surface area (Å²) in [5, 5.41) is 0. The summed E-state index contributed by atoms with van der Waals surface area (Å²) in [5.41, 5.74) is 2.11. The number of nitrogens with zero attached hydrogens (tertiary/aromatic N) is 1.